The molecule has 422 valence electrons. The van der Waals surface area contributed by atoms with Gasteiger partial charge < -0.3 is 9.80 Å². The third-order valence-corrected chi connectivity index (χ3v) is 19.1. The Kier molecular flexibility index (Phi) is 13.2. The maximum Gasteiger partial charge on any atom is 0.0465 e. The van der Waals surface area contributed by atoms with Crippen molar-refractivity contribution >= 4 is 58.4 Å². The molecular weight excluding hydrogens is 1020 g/mol. The van der Waals surface area contributed by atoms with Crippen LogP contribution in [0.15, 0.2) is 206 Å². The number of anilines is 6. The molecule has 0 saturated carbocycles. The van der Waals surface area contributed by atoms with Gasteiger partial charge in [0.1, 0.15) is 0 Å². The van der Waals surface area contributed by atoms with Crippen LogP contribution < -0.4 is 9.80 Å². The highest BCUT2D eigenvalue weighted by Crippen LogP contribution is 2.54. The average molecular weight is 1110 g/mol. The van der Waals surface area contributed by atoms with Crippen molar-refractivity contribution in [2.75, 3.05) is 9.80 Å². The van der Waals surface area contributed by atoms with E-state index in [2.05, 4.69) is 337 Å². The Balaban J connectivity index is 0.725. The van der Waals surface area contributed by atoms with Gasteiger partial charge in [0.25, 0.3) is 0 Å². The molecule has 85 heavy (non-hydrogen) atoms. The fraction of sp³-hybridized carbons (Fsp3) is 0.229. The van der Waals surface area contributed by atoms with Crippen LogP contribution in [0.3, 0.4) is 0 Å². The number of benzene rings is 10. The molecule has 0 amide bonds. The topological polar surface area (TPSA) is 6.48 Å². The minimum Gasteiger partial charge on any atom is -0.310 e. The van der Waals surface area contributed by atoms with Crippen LogP contribution in [0.5, 0.6) is 0 Å². The summed E-state index contributed by atoms with van der Waals surface area (Å²) in [6.45, 7) is 32.3. The van der Waals surface area contributed by atoms with Crippen LogP contribution in [0.2, 0.25) is 0 Å². The standard InChI is InChI=1S/C83H80N2/c1-53-15-31-61(32-16-53)84(63-35-27-59(28-36-63)79(3,4)5)65-39-45-71-69-43-25-57(49-75(69)82(11,12)77(71)51-65)21-19-55-23-41-67-68-42-24-56(48-74(68)81(9,10)73(67)47-55)20-22-58-26-44-70-72-46-40-66(52-78(72)83(13,14)76(70)50-58)85(62-33-17-54(2)18-34-62)64-37-29-60(30-38-64)80(6,7)8/h15-52H,1-14H3/b21-19+,22-20+. The third kappa shape index (κ3) is 9.78. The lowest BCUT2D eigenvalue weighted by molar-refractivity contribution is 0.590. The molecule has 0 aliphatic heterocycles. The molecule has 0 heterocycles. The van der Waals surface area contributed by atoms with Crippen molar-refractivity contribution in [2.24, 2.45) is 0 Å². The van der Waals surface area contributed by atoms with E-state index in [9.17, 15) is 0 Å². The molecule has 3 aliphatic carbocycles. The van der Waals surface area contributed by atoms with Gasteiger partial charge in [0.05, 0.1) is 0 Å². The van der Waals surface area contributed by atoms with E-state index in [1.54, 1.807) is 0 Å². The highest BCUT2D eigenvalue weighted by molar-refractivity contribution is 5.90. The van der Waals surface area contributed by atoms with Gasteiger partial charge in [-0.2, -0.15) is 0 Å². The van der Waals surface area contributed by atoms with Gasteiger partial charge in [-0.15, -0.1) is 0 Å². The van der Waals surface area contributed by atoms with E-state index in [0.717, 1.165) is 22.7 Å². The second-order valence-corrected chi connectivity index (χ2v) is 28.2. The Hall–Kier alpha value is -8.72. The smallest absolute Gasteiger partial charge is 0.0465 e. The average Bonchev–Trinajstić information content (AvgIpc) is 1.92. The van der Waals surface area contributed by atoms with E-state index in [0.29, 0.717) is 0 Å². The van der Waals surface area contributed by atoms with Crippen LogP contribution in [0.1, 0.15) is 161 Å². The molecule has 2 nitrogen and oxygen atoms in total. The van der Waals surface area contributed by atoms with Crippen molar-refractivity contribution in [3.63, 3.8) is 0 Å². The molecule has 0 fully saturated rings. The van der Waals surface area contributed by atoms with E-state index in [1.165, 1.54) is 123 Å². The summed E-state index contributed by atoms with van der Waals surface area (Å²) in [7, 11) is 0. The van der Waals surface area contributed by atoms with Gasteiger partial charge in [-0.3, -0.25) is 0 Å². The van der Waals surface area contributed by atoms with E-state index >= 15 is 0 Å². The van der Waals surface area contributed by atoms with Crippen LogP contribution in [-0.4, -0.2) is 0 Å². The molecule has 0 spiro atoms. The maximum absolute atomic E-state index is 2.43. The Morgan fingerprint density at radius 2 is 0.471 bits per heavy atom. The van der Waals surface area contributed by atoms with Gasteiger partial charge in [0.15, 0.2) is 0 Å². The molecule has 10 aromatic rings. The predicted molar refractivity (Wildman–Crippen MR) is 366 cm³/mol. The van der Waals surface area contributed by atoms with Gasteiger partial charge in [0, 0.05) is 50.4 Å². The summed E-state index contributed by atoms with van der Waals surface area (Å²) in [6, 6.07) is 78.5. The second kappa shape index (κ2) is 20.2. The molecule has 3 aliphatic rings. The number of hydrogen-bond acceptors (Lipinski definition) is 2. The number of fused-ring (bicyclic) bond motifs is 9. The monoisotopic (exact) mass is 1100 g/mol. The zero-order valence-corrected chi connectivity index (χ0v) is 52.3. The fourth-order valence-corrected chi connectivity index (χ4v) is 13.8. The molecule has 0 aromatic heterocycles. The van der Waals surface area contributed by atoms with Crippen LogP contribution in [0.25, 0.3) is 57.7 Å². The van der Waals surface area contributed by atoms with Gasteiger partial charge in [-0.25, -0.2) is 0 Å². The molecular formula is C83H80N2. The summed E-state index contributed by atoms with van der Waals surface area (Å²) in [6.07, 6.45) is 9.20. The normalized spacial score (nSPS) is 14.9. The first kappa shape index (κ1) is 55.5. The number of rotatable bonds is 10. The summed E-state index contributed by atoms with van der Waals surface area (Å²) in [4.78, 5) is 4.81. The fourth-order valence-electron chi connectivity index (χ4n) is 13.8. The second-order valence-electron chi connectivity index (χ2n) is 28.2. The summed E-state index contributed by atoms with van der Waals surface area (Å²) >= 11 is 0. The molecule has 13 rings (SSSR count). The number of nitrogens with zero attached hydrogens (tertiary/aromatic N) is 2. The Morgan fingerprint density at radius 1 is 0.259 bits per heavy atom. The first-order valence-electron chi connectivity index (χ1n) is 30.6. The lowest BCUT2D eigenvalue weighted by Crippen LogP contribution is -2.17. The minimum absolute atomic E-state index is 0.0844. The molecule has 0 saturated heterocycles. The van der Waals surface area contributed by atoms with Crippen LogP contribution >= 0.6 is 0 Å². The minimum atomic E-state index is -0.181. The lowest BCUT2D eigenvalue weighted by Gasteiger charge is -2.29. The maximum atomic E-state index is 2.43. The first-order chi connectivity index (χ1) is 40.4. The Bertz CT molecular complexity index is 4040. The van der Waals surface area contributed by atoms with Gasteiger partial charge in [-0.05, 0) is 198 Å². The zero-order valence-electron chi connectivity index (χ0n) is 52.3. The SMILES string of the molecule is Cc1ccc(N(c2ccc(C(C)(C)C)cc2)c2ccc3c(c2)C(C)(C)c2cc(/C=C/c4ccc5c(c4)C(C)(C)c4cc(/C=C/c6ccc7c(c6)C(C)(C)c6cc(N(c8ccc(C)cc8)c8ccc(C(C)(C)C)cc8)ccc6-7)ccc4-5)ccc2-3)cc1. The Labute approximate surface area is 506 Å². The largest absolute Gasteiger partial charge is 0.310 e. The van der Waals surface area contributed by atoms with Crippen LogP contribution in [0.4, 0.5) is 34.1 Å². The van der Waals surface area contributed by atoms with Crippen molar-refractivity contribution in [2.45, 2.75) is 124 Å². The van der Waals surface area contributed by atoms with Gasteiger partial charge in [0.2, 0.25) is 0 Å². The van der Waals surface area contributed by atoms with Crippen molar-refractivity contribution in [3.05, 3.63) is 284 Å². The van der Waals surface area contributed by atoms with Gasteiger partial charge in [-0.1, -0.05) is 252 Å². The summed E-state index contributed by atoms with van der Waals surface area (Å²) in [5.41, 5.74) is 32.8. The number of aryl methyl sites for hydroxylation is 2. The molecule has 0 radical (unpaired) electrons. The zero-order chi connectivity index (χ0) is 59.5. The number of hydrogen-bond donors (Lipinski definition) is 0. The van der Waals surface area contributed by atoms with Crippen molar-refractivity contribution < 1.29 is 0 Å². The van der Waals surface area contributed by atoms with E-state index in [1.807, 2.05) is 0 Å². The first-order valence-corrected chi connectivity index (χ1v) is 30.6. The van der Waals surface area contributed by atoms with Crippen molar-refractivity contribution in [1.29, 1.82) is 0 Å². The van der Waals surface area contributed by atoms with E-state index in [-0.39, 0.29) is 27.1 Å². The summed E-state index contributed by atoms with van der Waals surface area (Å²) in [5, 5.41) is 0. The highest BCUT2D eigenvalue weighted by Gasteiger charge is 2.39. The molecule has 0 N–H and O–H groups in total. The summed E-state index contributed by atoms with van der Waals surface area (Å²) < 4.78 is 0. The molecule has 10 aromatic carbocycles. The van der Waals surface area contributed by atoms with E-state index < -0.39 is 0 Å². The molecule has 0 atom stereocenters. The van der Waals surface area contributed by atoms with Gasteiger partial charge >= 0.3 is 0 Å². The van der Waals surface area contributed by atoms with Crippen molar-refractivity contribution in [3.8, 4) is 33.4 Å². The molecule has 0 bridgehead atoms. The highest BCUT2D eigenvalue weighted by atomic mass is 15.1. The van der Waals surface area contributed by atoms with Crippen LogP contribution in [0, 0.1) is 13.8 Å². The summed E-state index contributed by atoms with van der Waals surface area (Å²) in [5.74, 6) is 0. The molecule has 0 unspecified atom stereocenters. The Morgan fingerprint density at radius 3 is 0.718 bits per heavy atom. The lowest BCUT2D eigenvalue weighted by atomic mass is 9.81. The quantitative estimate of drug-likeness (QED) is 0.126. The van der Waals surface area contributed by atoms with Crippen molar-refractivity contribution in [1.82, 2.24) is 0 Å². The molecule has 2 heteroatoms. The third-order valence-electron chi connectivity index (χ3n) is 19.1. The van der Waals surface area contributed by atoms with E-state index in [4.69, 9.17) is 0 Å². The van der Waals surface area contributed by atoms with Crippen LogP contribution in [-0.2, 0) is 27.1 Å². The predicted octanol–water partition coefficient (Wildman–Crippen LogP) is 23.1.